The second kappa shape index (κ2) is 6.52. The topological polar surface area (TPSA) is 44.5 Å². The fourth-order valence-corrected chi connectivity index (χ4v) is 2.47. The van der Waals surface area contributed by atoms with Crippen molar-refractivity contribution in [2.24, 2.45) is 7.05 Å². The molecule has 2 rings (SSSR count). The molecule has 0 saturated carbocycles. The predicted octanol–water partition coefficient (Wildman–Crippen LogP) is 0.573. The lowest BCUT2D eigenvalue weighted by Crippen LogP contribution is -2.32. The Labute approximate surface area is 113 Å². The summed E-state index contributed by atoms with van der Waals surface area (Å²) in [5.41, 5.74) is 0. The summed E-state index contributed by atoms with van der Waals surface area (Å²) in [6, 6.07) is 0. The Morgan fingerprint density at radius 1 is 1.28 bits per heavy atom. The zero-order valence-electron chi connectivity index (χ0n) is 10.8. The van der Waals surface area contributed by atoms with Gasteiger partial charge >= 0.3 is 0 Å². The molecule has 1 saturated heterocycles. The SMILES string of the molecule is Cn1c(Cl)cnc1CN1CCCN(CCO)CC1. The summed E-state index contributed by atoms with van der Waals surface area (Å²) in [6.07, 6.45) is 2.84. The monoisotopic (exact) mass is 272 g/mol. The molecule has 0 aromatic carbocycles. The average Bonchev–Trinajstić information content (AvgIpc) is 2.57. The Balaban J connectivity index is 1.89. The molecule has 0 atom stereocenters. The second-order valence-electron chi connectivity index (χ2n) is 4.75. The van der Waals surface area contributed by atoms with Crippen molar-refractivity contribution in [3.63, 3.8) is 0 Å². The summed E-state index contributed by atoms with van der Waals surface area (Å²) >= 11 is 5.99. The van der Waals surface area contributed by atoms with Gasteiger partial charge in [-0.3, -0.25) is 9.80 Å². The number of imidazole rings is 1. The minimum absolute atomic E-state index is 0.245. The molecule has 1 N–H and O–H groups in total. The van der Waals surface area contributed by atoms with Crippen LogP contribution in [0.4, 0.5) is 0 Å². The molecule has 1 aromatic heterocycles. The molecule has 0 aliphatic carbocycles. The lowest BCUT2D eigenvalue weighted by atomic mass is 10.3. The van der Waals surface area contributed by atoms with Crippen LogP contribution in [0.2, 0.25) is 5.15 Å². The van der Waals surface area contributed by atoms with Gasteiger partial charge in [-0.1, -0.05) is 11.6 Å². The van der Waals surface area contributed by atoms with Gasteiger partial charge < -0.3 is 9.67 Å². The molecular weight excluding hydrogens is 252 g/mol. The van der Waals surface area contributed by atoms with Crippen LogP contribution >= 0.6 is 11.6 Å². The molecule has 1 aromatic rings. The van der Waals surface area contributed by atoms with Crippen LogP contribution in [0.3, 0.4) is 0 Å². The van der Waals surface area contributed by atoms with Crippen molar-refractivity contribution < 1.29 is 5.11 Å². The standard InChI is InChI=1S/C12H21ClN4O/c1-15-11(13)9-14-12(15)10-17-4-2-3-16(5-6-17)7-8-18/h9,18H,2-8,10H2,1H3. The highest BCUT2D eigenvalue weighted by atomic mass is 35.5. The third kappa shape index (κ3) is 3.45. The van der Waals surface area contributed by atoms with Crippen LogP contribution in [-0.2, 0) is 13.6 Å². The van der Waals surface area contributed by atoms with Crippen LogP contribution < -0.4 is 0 Å². The summed E-state index contributed by atoms with van der Waals surface area (Å²) in [5.74, 6) is 1.01. The van der Waals surface area contributed by atoms with Gasteiger partial charge in [0, 0.05) is 26.7 Å². The number of β-amino-alcohol motifs (C(OH)–C–C–N with tert-alkyl or cyclic N) is 1. The fraction of sp³-hybridized carbons (Fsp3) is 0.750. The van der Waals surface area contributed by atoms with E-state index in [-0.39, 0.29) is 6.61 Å². The van der Waals surface area contributed by atoms with Gasteiger partial charge in [-0.25, -0.2) is 4.98 Å². The molecule has 1 aliphatic rings. The van der Waals surface area contributed by atoms with Gasteiger partial charge in [0.05, 0.1) is 19.3 Å². The summed E-state index contributed by atoms with van der Waals surface area (Å²) in [4.78, 5) is 9.04. The maximum atomic E-state index is 8.97. The van der Waals surface area contributed by atoms with Gasteiger partial charge in [-0.15, -0.1) is 0 Å². The molecule has 102 valence electrons. The highest BCUT2D eigenvalue weighted by molar-refractivity contribution is 6.29. The molecule has 18 heavy (non-hydrogen) atoms. The fourth-order valence-electron chi connectivity index (χ4n) is 2.32. The van der Waals surface area contributed by atoms with Gasteiger partial charge in [0.25, 0.3) is 0 Å². The minimum atomic E-state index is 0.245. The molecular formula is C12H21ClN4O. The molecule has 2 heterocycles. The predicted molar refractivity (Wildman–Crippen MR) is 71.6 cm³/mol. The summed E-state index contributed by atoms with van der Waals surface area (Å²) < 4.78 is 1.93. The first-order chi connectivity index (χ1) is 8.70. The van der Waals surface area contributed by atoms with Crippen molar-refractivity contribution in [3.8, 4) is 0 Å². The smallest absolute Gasteiger partial charge is 0.128 e. The maximum absolute atomic E-state index is 8.97. The summed E-state index contributed by atoms with van der Waals surface area (Å²) in [6.45, 7) is 6.04. The van der Waals surface area contributed by atoms with Crippen LogP contribution in [-0.4, -0.2) is 63.8 Å². The van der Waals surface area contributed by atoms with Gasteiger partial charge in [0.15, 0.2) is 0 Å². The van der Waals surface area contributed by atoms with Crippen LogP contribution in [0.1, 0.15) is 12.2 Å². The van der Waals surface area contributed by atoms with E-state index in [1.54, 1.807) is 6.20 Å². The van der Waals surface area contributed by atoms with E-state index in [0.717, 1.165) is 51.5 Å². The zero-order chi connectivity index (χ0) is 13.0. The molecule has 1 fully saturated rings. The number of hydrogen-bond donors (Lipinski definition) is 1. The summed E-state index contributed by atoms with van der Waals surface area (Å²) in [5, 5.41) is 9.65. The Morgan fingerprint density at radius 2 is 2.00 bits per heavy atom. The Bertz CT molecular complexity index is 382. The van der Waals surface area contributed by atoms with Crippen LogP contribution in [0.5, 0.6) is 0 Å². The zero-order valence-corrected chi connectivity index (χ0v) is 11.6. The minimum Gasteiger partial charge on any atom is -0.395 e. The van der Waals surface area contributed by atoms with E-state index in [9.17, 15) is 0 Å². The molecule has 0 bridgehead atoms. The van der Waals surface area contributed by atoms with Crippen molar-refractivity contribution in [1.29, 1.82) is 0 Å². The number of aromatic nitrogens is 2. The highest BCUT2D eigenvalue weighted by Gasteiger charge is 2.16. The van der Waals surface area contributed by atoms with Crippen molar-refractivity contribution in [2.45, 2.75) is 13.0 Å². The maximum Gasteiger partial charge on any atom is 0.128 e. The van der Waals surface area contributed by atoms with E-state index < -0.39 is 0 Å². The van der Waals surface area contributed by atoms with Crippen molar-refractivity contribution in [3.05, 3.63) is 17.2 Å². The number of hydrogen-bond acceptors (Lipinski definition) is 4. The quantitative estimate of drug-likeness (QED) is 0.871. The molecule has 1 aliphatic heterocycles. The largest absolute Gasteiger partial charge is 0.395 e. The first kappa shape index (κ1) is 13.8. The van der Waals surface area contributed by atoms with Crippen LogP contribution in [0, 0.1) is 0 Å². The van der Waals surface area contributed by atoms with Crippen molar-refractivity contribution in [2.75, 3.05) is 39.3 Å². The normalized spacial score (nSPS) is 19.1. The Kier molecular flexibility index (Phi) is 5.00. The third-order valence-corrected chi connectivity index (χ3v) is 3.84. The van der Waals surface area contributed by atoms with E-state index in [0.29, 0.717) is 5.15 Å². The van der Waals surface area contributed by atoms with E-state index in [1.807, 2.05) is 11.6 Å². The highest BCUT2D eigenvalue weighted by Crippen LogP contribution is 2.12. The first-order valence-electron chi connectivity index (χ1n) is 6.42. The number of aliphatic hydroxyl groups excluding tert-OH is 1. The van der Waals surface area contributed by atoms with Crippen molar-refractivity contribution in [1.82, 2.24) is 19.4 Å². The lowest BCUT2D eigenvalue weighted by molar-refractivity contribution is 0.195. The van der Waals surface area contributed by atoms with Gasteiger partial charge in [0.1, 0.15) is 11.0 Å². The number of rotatable bonds is 4. The van der Waals surface area contributed by atoms with Crippen LogP contribution in [0.15, 0.2) is 6.20 Å². The Hall–Kier alpha value is -0.620. The van der Waals surface area contributed by atoms with E-state index in [2.05, 4.69) is 14.8 Å². The van der Waals surface area contributed by atoms with Crippen molar-refractivity contribution >= 4 is 11.6 Å². The molecule has 0 spiro atoms. The molecule has 0 amide bonds. The van der Waals surface area contributed by atoms with Crippen LogP contribution in [0.25, 0.3) is 0 Å². The molecule has 5 nitrogen and oxygen atoms in total. The number of aliphatic hydroxyl groups is 1. The van der Waals surface area contributed by atoms with Gasteiger partial charge in [-0.2, -0.15) is 0 Å². The third-order valence-electron chi connectivity index (χ3n) is 3.49. The number of nitrogens with zero attached hydrogens (tertiary/aromatic N) is 4. The average molecular weight is 273 g/mol. The lowest BCUT2D eigenvalue weighted by Gasteiger charge is -2.20. The van der Waals surface area contributed by atoms with Gasteiger partial charge in [0.2, 0.25) is 0 Å². The molecule has 0 radical (unpaired) electrons. The molecule has 6 heteroatoms. The van der Waals surface area contributed by atoms with E-state index in [4.69, 9.17) is 16.7 Å². The van der Waals surface area contributed by atoms with E-state index >= 15 is 0 Å². The number of halogens is 1. The molecule has 0 unspecified atom stereocenters. The van der Waals surface area contributed by atoms with E-state index in [1.165, 1.54) is 0 Å². The summed E-state index contributed by atoms with van der Waals surface area (Å²) in [7, 11) is 1.94. The van der Waals surface area contributed by atoms with Gasteiger partial charge in [-0.05, 0) is 19.5 Å². The first-order valence-corrected chi connectivity index (χ1v) is 6.80. The Morgan fingerprint density at radius 3 is 2.67 bits per heavy atom. The second-order valence-corrected chi connectivity index (χ2v) is 5.14.